The molecule has 9 nitrogen and oxygen atoms in total. The van der Waals surface area contributed by atoms with E-state index in [1.54, 1.807) is 36.9 Å². The highest BCUT2D eigenvalue weighted by Crippen LogP contribution is 2.24. The van der Waals surface area contributed by atoms with Crippen LogP contribution in [-0.2, 0) is 28.4 Å². The van der Waals surface area contributed by atoms with Crippen LogP contribution in [0.1, 0.15) is 24.2 Å². The summed E-state index contributed by atoms with van der Waals surface area (Å²) < 4.78 is 47.2. The highest BCUT2D eigenvalue weighted by Gasteiger charge is 2.33. The second-order valence-electron chi connectivity index (χ2n) is 8.19. The second kappa shape index (κ2) is 9.90. The van der Waals surface area contributed by atoms with E-state index < -0.39 is 10.0 Å². The lowest BCUT2D eigenvalue weighted by atomic mass is 9.97. The Balaban J connectivity index is 1.26. The van der Waals surface area contributed by atoms with E-state index >= 15 is 0 Å². The number of carbonyl (C=O) groups excluding carboxylic acids is 1. The summed E-state index contributed by atoms with van der Waals surface area (Å²) in [6.45, 7) is 2.59. The van der Waals surface area contributed by atoms with Crippen LogP contribution in [0.25, 0.3) is 0 Å². The van der Waals surface area contributed by atoms with Crippen LogP contribution in [0.15, 0.2) is 53.8 Å². The zero-order valence-electron chi connectivity index (χ0n) is 18.9. The molecule has 34 heavy (non-hydrogen) atoms. The molecule has 1 amide bonds. The molecule has 180 valence electrons. The van der Waals surface area contributed by atoms with Gasteiger partial charge in [0.25, 0.3) is 10.0 Å². The molecule has 1 aliphatic heterocycles. The Labute approximate surface area is 197 Å². The number of hydrogen-bond acceptors (Lipinski definition) is 6. The molecule has 1 aromatic carbocycles. The lowest BCUT2D eigenvalue weighted by Crippen LogP contribution is -2.43. The molecular weight excluding hydrogens is 461 g/mol. The van der Waals surface area contributed by atoms with Gasteiger partial charge in [-0.25, -0.2) is 22.8 Å². The van der Waals surface area contributed by atoms with Crippen molar-refractivity contribution in [1.29, 1.82) is 0 Å². The molecule has 2 aromatic heterocycles. The van der Waals surface area contributed by atoms with Crippen LogP contribution >= 0.6 is 0 Å². The van der Waals surface area contributed by atoms with Crippen molar-refractivity contribution in [2.45, 2.75) is 31.3 Å². The molecule has 1 fully saturated rings. The zero-order chi connectivity index (χ0) is 24.3. The third-order valence-electron chi connectivity index (χ3n) is 5.82. The van der Waals surface area contributed by atoms with E-state index in [1.165, 1.54) is 34.8 Å². The van der Waals surface area contributed by atoms with E-state index in [-0.39, 0.29) is 35.8 Å². The number of sulfonamides is 1. The molecule has 3 aromatic rings. The SMILES string of the molecule is Cc1nc(S(=O)(=O)N2CCC(C(=O)NCc3ccc(Oc4ccc(F)cc4)nc3)CC2)cn1C. The largest absolute Gasteiger partial charge is 0.439 e. The minimum absolute atomic E-state index is 0.0368. The third-order valence-corrected chi connectivity index (χ3v) is 7.59. The first-order chi connectivity index (χ1) is 16.2. The molecule has 1 aliphatic rings. The molecule has 1 saturated heterocycles. The van der Waals surface area contributed by atoms with Gasteiger partial charge in [-0.2, -0.15) is 4.31 Å². The molecular formula is C23H26FN5O4S. The monoisotopic (exact) mass is 487 g/mol. The fraction of sp³-hybridized carbons (Fsp3) is 0.348. The molecule has 0 unspecified atom stereocenters. The number of nitrogens with zero attached hydrogens (tertiary/aromatic N) is 4. The summed E-state index contributed by atoms with van der Waals surface area (Å²) in [5.74, 6) is 0.738. The van der Waals surface area contributed by atoms with Gasteiger partial charge in [-0.15, -0.1) is 0 Å². The quantitative estimate of drug-likeness (QED) is 0.549. The maximum Gasteiger partial charge on any atom is 0.262 e. The molecule has 0 spiro atoms. The van der Waals surface area contributed by atoms with E-state index in [0.717, 1.165) is 5.56 Å². The number of carbonyl (C=O) groups is 1. The minimum Gasteiger partial charge on any atom is -0.439 e. The number of amides is 1. The van der Waals surface area contributed by atoms with E-state index in [4.69, 9.17) is 4.74 Å². The number of pyridine rings is 1. The molecule has 0 bridgehead atoms. The number of nitrogens with one attached hydrogen (secondary N) is 1. The van der Waals surface area contributed by atoms with Gasteiger partial charge in [-0.05, 0) is 49.6 Å². The molecule has 1 N–H and O–H groups in total. The van der Waals surface area contributed by atoms with Gasteiger partial charge in [0.1, 0.15) is 17.4 Å². The van der Waals surface area contributed by atoms with Crippen molar-refractivity contribution in [3.8, 4) is 11.6 Å². The van der Waals surface area contributed by atoms with Crippen molar-refractivity contribution in [1.82, 2.24) is 24.2 Å². The maximum atomic E-state index is 13.0. The third kappa shape index (κ3) is 5.42. The van der Waals surface area contributed by atoms with Gasteiger partial charge < -0.3 is 14.6 Å². The van der Waals surface area contributed by atoms with Gasteiger partial charge in [0.05, 0.1) is 0 Å². The normalized spacial score (nSPS) is 15.3. The number of rotatable bonds is 7. The number of benzene rings is 1. The summed E-state index contributed by atoms with van der Waals surface area (Å²) >= 11 is 0. The van der Waals surface area contributed by atoms with E-state index in [9.17, 15) is 17.6 Å². The Hall–Kier alpha value is -3.31. The Kier molecular flexibility index (Phi) is 6.94. The Morgan fingerprint density at radius 3 is 2.47 bits per heavy atom. The molecule has 4 rings (SSSR count). The summed E-state index contributed by atoms with van der Waals surface area (Å²) in [4.78, 5) is 21.0. The van der Waals surface area contributed by atoms with Crippen molar-refractivity contribution < 1.29 is 22.3 Å². The van der Waals surface area contributed by atoms with Crippen molar-refractivity contribution in [2.75, 3.05) is 13.1 Å². The molecule has 3 heterocycles. The van der Waals surface area contributed by atoms with Gasteiger partial charge in [0.2, 0.25) is 11.8 Å². The van der Waals surface area contributed by atoms with Crippen LogP contribution in [0.2, 0.25) is 0 Å². The Morgan fingerprint density at radius 2 is 1.88 bits per heavy atom. The predicted molar refractivity (Wildman–Crippen MR) is 122 cm³/mol. The van der Waals surface area contributed by atoms with Crippen molar-refractivity contribution in [3.63, 3.8) is 0 Å². The summed E-state index contributed by atoms with van der Waals surface area (Å²) in [6, 6.07) is 9.10. The van der Waals surface area contributed by atoms with Crippen molar-refractivity contribution in [3.05, 3.63) is 66.0 Å². The highest BCUT2D eigenvalue weighted by atomic mass is 32.2. The first kappa shape index (κ1) is 23.8. The van der Waals surface area contributed by atoms with Gasteiger partial charge in [-0.1, -0.05) is 6.07 Å². The first-order valence-corrected chi connectivity index (χ1v) is 12.3. The smallest absolute Gasteiger partial charge is 0.262 e. The van der Waals surface area contributed by atoms with Gasteiger partial charge in [0, 0.05) is 51.1 Å². The molecule has 11 heteroatoms. The predicted octanol–water partition coefficient (Wildman–Crippen LogP) is 2.77. The van der Waals surface area contributed by atoms with Gasteiger partial charge >= 0.3 is 0 Å². The number of piperidine rings is 1. The fourth-order valence-corrected chi connectivity index (χ4v) is 5.17. The minimum atomic E-state index is -3.67. The lowest BCUT2D eigenvalue weighted by Gasteiger charge is -2.29. The average molecular weight is 488 g/mol. The zero-order valence-corrected chi connectivity index (χ0v) is 19.8. The summed E-state index contributed by atoms with van der Waals surface area (Å²) in [5.41, 5.74) is 0.797. The standard InChI is InChI=1S/C23H26FN5O4S/c1-16-27-22(15-28(16)2)34(31,32)29-11-9-18(10-12-29)23(30)26-14-17-3-8-21(25-13-17)33-20-6-4-19(24)5-7-20/h3-8,13,15,18H,9-12,14H2,1-2H3,(H,26,30). The van der Waals surface area contributed by atoms with E-state index in [1.807, 2.05) is 0 Å². The lowest BCUT2D eigenvalue weighted by molar-refractivity contribution is -0.126. The van der Waals surface area contributed by atoms with Crippen LogP contribution in [0.4, 0.5) is 4.39 Å². The first-order valence-electron chi connectivity index (χ1n) is 10.9. The fourth-order valence-electron chi connectivity index (χ4n) is 3.67. The number of hydrogen-bond donors (Lipinski definition) is 1. The van der Waals surface area contributed by atoms with Crippen LogP contribution in [-0.4, -0.2) is 46.3 Å². The number of halogens is 1. The number of aromatic nitrogens is 3. The van der Waals surface area contributed by atoms with Crippen molar-refractivity contribution >= 4 is 15.9 Å². The summed E-state index contributed by atoms with van der Waals surface area (Å²) in [7, 11) is -1.92. The van der Waals surface area contributed by atoms with E-state index in [0.29, 0.717) is 36.8 Å². The number of aryl methyl sites for hydroxylation is 2. The Morgan fingerprint density at radius 1 is 1.18 bits per heavy atom. The molecule has 0 saturated carbocycles. The average Bonchev–Trinajstić information content (AvgIpc) is 3.19. The molecule has 0 aliphatic carbocycles. The second-order valence-corrected chi connectivity index (χ2v) is 10.1. The van der Waals surface area contributed by atoms with Gasteiger partial charge in [-0.3, -0.25) is 4.79 Å². The topological polar surface area (TPSA) is 106 Å². The van der Waals surface area contributed by atoms with Crippen LogP contribution in [0.3, 0.4) is 0 Å². The molecule has 0 atom stereocenters. The molecule has 0 radical (unpaired) electrons. The van der Waals surface area contributed by atoms with Gasteiger partial charge in [0.15, 0.2) is 5.03 Å². The summed E-state index contributed by atoms with van der Waals surface area (Å²) in [5, 5.41) is 2.93. The highest BCUT2D eigenvalue weighted by molar-refractivity contribution is 7.89. The number of imidazole rings is 1. The maximum absolute atomic E-state index is 13.0. The van der Waals surface area contributed by atoms with Crippen LogP contribution in [0.5, 0.6) is 11.6 Å². The van der Waals surface area contributed by atoms with Crippen molar-refractivity contribution in [2.24, 2.45) is 13.0 Å². The summed E-state index contributed by atoms with van der Waals surface area (Å²) in [6.07, 6.45) is 4.00. The van der Waals surface area contributed by atoms with Crippen LogP contribution in [0, 0.1) is 18.7 Å². The van der Waals surface area contributed by atoms with Crippen LogP contribution < -0.4 is 10.1 Å². The Bertz CT molecular complexity index is 1230. The van der Waals surface area contributed by atoms with E-state index in [2.05, 4.69) is 15.3 Å². The number of ether oxygens (including phenoxy) is 1.